The van der Waals surface area contributed by atoms with E-state index in [1.807, 2.05) is 7.05 Å². The van der Waals surface area contributed by atoms with E-state index in [9.17, 15) is 0 Å². The Labute approximate surface area is 118 Å². The second kappa shape index (κ2) is 5.26. The number of aromatic amines is 1. The smallest absolute Gasteiger partial charge is 0.226 e. The first-order valence-electron chi connectivity index (χ1n) is 7.32. The lowest BCUT2D eigenvalue weighted by Gasteiger charge is -2.32. The number of nitrogens with one attached hydrogen (secondary N) is 3. The molecule has 3 unspecified atom stereocenters. The molecule has 0 aliphatic heterocycles. The molecule has 20 heavy (non-hydrogen) atoms. The molecule has 0 aromatic carbocycles. The maximum atomic E-state index is 4.54. The van der Waals surface area contributed by atoms with Crippen molar-refractivity contribution in [2.45, 2.75) is 39.2 Å². The van der Waals surface area contributed by atoms with Crippen LogP contribution in [0.25, 0.3) is 11.0 Å². The summed E-state index contributed by atoms with van der Waals surface area (Å²) >= 11 is 0. The Balaban J connectivity index is 1.85. The van der Waals surface area contributed by atoms with Gasteiger partial charge < -0.3 is 10.6 Å². The van der Waals surface area contributed by atoms with Gasteiger partial charge in [0.05, 0.1) is 11.6 Å². The van der Waals surface area contributed by atoms with Gasteiger partial charge in [0.25, 0.3) is 0 Å². The summed E-state index contributed by atoms with van der Waals surface area (Å²) in [4.78, 5) is 8.89. The van der Waals surface area contributed by atoms with E-state index in [4.69, 9.17) is 0 Å². The van der Waals surface area contributed by atoms with Crippen LogP contribution >= 0.6 is 0 Å². The van der Waals surface area contributed by atoms with Gasteiger partial charge in [-0.15, -0.1) is 0 Å². The number of nitrogens with zero attached hydrogens (tertiary/aromatic N) is 3. The van der Waals surface area contributed by atoms with Crippen LogP contribution in [-0.2, 0) is 0 Å². The molecule has 1 fully saturated rings. The van der Waals surface area contributed by atoms with Gasteiger partial charge >= 0.3 is 0 Å². The molecule has 6 nitrogen and oxygen atoms in total. The standard InChI is InChI=1S/C14H22N6/c1-8-4-5-10(6-9(8)2)17-12-11-7-16-20-13(11)19-14(15-3)18-12/h7-10H,4-6H2,1-3H3,(H3,15,16,17,18,19,20). The zero-order valence-electron chi connectivity index (χ0n) is 12.3. The number of rotatable bonds is 3. The number of hydrogen-bond donors (Lipinski definition) is 3. The fourth-order valence-corrected chi connectivity index (χ4v) is 2.93. The molecule has 2 aromatic rings. The molecule has 3 atom stereocenters. The summed E-state index contributed by atoms with van der Waals surface area (Å²) in [7, 11) is 1.83. The van der Waals surface area contributed by atoms with Gasteiger partial charge in [-0.2, -0.15) is 15.1 Å². The summed E-state index contributed by atoms with van der Waals surface area (Å²) in [6.45, 7) is 4.68. The molecule has 0 spiro atoms. The molecule has 108 valence electrons. The van der Waals surface area contributed by atoms with E-state index in [0.717, 1.165) is 28.7 Å². The number of fused-ring (bicyclic) bond motifs is 1. The largest absolute Gasteiger partial charge is 0.367 e. The van der Waals surface area contributed by atoms with Gasteiger partial charge in [-0.05, 0) is 31.1 Å². The Morgan fingerprint density at radius 3 is 2.80 bits per heavy atom. The Hall–Kier alpha value is -1.85. The van der Waals surface area contributed by atoms with E-state index in [1.165, 1.54) is 19.3 Å². The van der Waals surface area contributed by atoms with Crippen LogP contribution in [0.5, 0.6) is 0 Å². The van der Waals surface area contributed by atoms with Gasteiger partial charge in [0, 0.05) is 13.1 Å². The van der Waals surface area contributed by atoms with E-state index >= 15 is 0 Å². The number of anilines is 2. The van der Waals surface area contributed by atoms with Crippen molar-refractivity contribution >= 4 is 22.8 Å². The van der Waals surface area contributed by atoms with Crippen molar-refractivity contribution in [3.8, 4) is 0 Å². The van der Waals surface area contributed by atoms with Gasteiger partial charge in [0.2, 0.25) is 5.95 Å². The molecule has 6 heteroatoms. The van der Waals surface area contributed by atoms with Crippen LogP contribution in [0, 0.1) is 11.8 Å². The summed E-state index contributed by atoms with van der Waals surface area (Å²) in [6, 6.07) is 0.485. The van der Waals surface area contributed by atoms with Crippen molar-refractivity contribution in [1.29, 1.82) is 0 Å². The SMILES string of the molecule is CNc1nc(NC2CCC(C)C(C)C2)c2cn[nH]c2n1. The lowest BCUT2D eigenvalue weighted by Crippen LogP contribution is -2.30. The Kier molecular flexibility index (Phi) is 3.46. The maximum absolute atomic E-state index is 4.54. The number of H-pyrrole nitrogens is 1. The zero-order chi connectivity index (χ0) is 14.1. The van der Waals surface area contributed by atoms with Crippen LogP contribution in [0.15, 0.2) is 6.20 Å². The third-order valence-corrected chi connectivity index (χ3v) is 4.47. The van der Waals surface area contributed by atoms with Gasteiger partial charge in [0.1, 0.15) is 5.82 Å². The van der Waals surface area contributed by atoms with Crippen molar-refractivity contribution in [3.63, 3.8) is 0 Å². The van der Waals surface area contributed by atoms with Crippen molar-refractivity contribution in [2.75, 3.05) is 17.7 Å². The first-order chi connectivity index (χ1) is 9.67. The fourth-order valence-electron chi connectivity index (χ4n) is 2.93. The predicted octanol–water partition coefficient (Wildman–Crippen LogP) is 2.63. The van der Waals surface area contributed by atoms with Gasteiger partial charge in [0.15, 0.2) is 5.65 Å². The van der Waals surface area contributed by atoms with Gasteiger partial charge in [-0.25, -0.2) is 0 Å². The highest BCUT2D eigenvalue weighted by Crippen LogP contribution is 2.32. The first kappa shape index (κ1) is 13.1. The highest BCUT2D eigenvalue weighted by Gasteiger charge is 2.25. The van der Waals surface area contributed by atoms with Crippen LogP contribution in [0.3, 0.4) is 0 Å². The molecule has 0 amide bonds. The van der Waals surface area contributed by atoms with Crippen molar-refractivity contribution in [3.05, 3.63) is 6.20 Å². The van der Waals surface area contributed by atoms with E-state index in [1.54, 1.807) is 6.20 Å². The molecule has 0 bridgehead atoms. The molecule has 3 rings (SSSR count). The fraction of sp³-hybridized carbons (Fsp3) is 0.643. The van der Waals surface area contributed by atoms with E-state index in [2.05, 4.69) is 44.6 Å². The monoisotopic (exact) mass is 274 g/mol. The van der Waals surface area contributed by atoms with Crippen LogP contribution in [0.2, 0.25) is 0 Å². The highest BCUT2D eigenvalue weighted by molar-refractivity contribution is 5.87. The number of hydrogen-bond acceptors (Lipinski definition) is 5. The topological polar surface area (TPSA) is 78.5 Å². The average molecular weight is 274 g/mol. The molecular weight excluding hydrogens is 252 g/mol. The molecule has 1 aliphatic rings. The maximum Gasteiger partial charge on any atom is 0.226 e. The third kappa shape index (κ3) is 2.42. The summed E-state index contributed by atoms with van der Waals surface area (Å²) < 4.78 is 0. The second-order valence-electron chi connectivity index (χ2n) is 5.89. The molecule has 2 heterocycles. The summed E-state index contributed by atoms with van der Waals surface area (Å²) in [6.07, 6.45) is 5.45. The average Bonchev–Trinajstić information content (AvgIpc) is 2.91. The van der Waals surface area contributed by atoms with Crippen LogP contribution < -0.4 is 10.6 Å². The molecule has 2 aromatic heterocycles. The highest BCUT2D eigenvalue weighted by atomic mass is 15.2. The van der Waals surface area contributed by atoms with Gasteiger partial charge in [-0.1, -0.05) is 13.8 Å². The van der Waals surface area contributed by atoms with Crippen molar-refractivity contribution < 1.29 is 0 Å². The predicted molar refractivity (Wildman–Crippen MR) is 80.8 cm³/mol. The lowest BCUT2D eigenvalue weighted by molar-refractivity contribution is 0.260. The molecule has 1 aliphatic carbocycles. The third-order valence-electron chi connectivity index (χ3n) is 4.47. The lowest BCUT2D eigenvalue weighted by atomic mass is 9.79. The Morgan fingerprint density at radius 1 is 1.20 bits per heavy atom. The minimum atomic E-state index is 0.485. The number of aromatic nitrogens is 4. The molecule has 1 saturated carbocycles. The van der Waals surface area contributed by atoms with Crippen molar-refractivity contribution in [1.82, 2.24) is 20.2 Å². The summed E-state index contributed by atoms with van der Waals surface area (Å²) in [5.74, 6) is 3.06. The van der Waals surface area contributed by atoms with Crippen LogP contribution in [-0.4, -0.2) is 33.3 Å². The van der Waals surface area contributed by atoms with Crippen molar-refractivity contribution in [2.24, 2.45) is 11.8 Å². The zero-order valence-corrected chi connectivity index (χ0v) is 12.3. The van der Waals surface area contributed by atoms with E-state index in [0.29, 0.717) is 12.0 Å². The first-order valence-corrected chi connectivity index (χ1v) is 7.32. The quantitative estimate of drug-likeness (QED) is 0.802. The summed E-state index contributed by atoms with van der Waals surface area (Å²) in [5, 5.41) is 14.5. The van der Waals surface area contributed by atoms with Gasteiger partial charge in [-0.3, -0.25) is 5.10 Å². The minimum absolute atomic E-state index is 0.485. The second-order valence-corrected chi connectivity index (χ2v) is 5.89. The molecule has 3 N–H and O–H groups in total. The Bertz CT molecular complexity index is 592. The Morgan fingerprint density at radius 2 is 2.05 bits per heavy atom. The molecule has 0 radical (unpaired) electrons. The van der Waals surface area contributed by atoms with Crippen LogP contribution in [0.1, 0.15) is 33.1 Å². The van der Waals surface area contributed by atoms with Crippen LogP contribution in [0.4, 0.5) is 11.8 Å². The summed E-state index contributed by atoms with van der Waals surface area (Å²) in [5.41, 5.74) is 0.768. The molecular formula is C14H22N6. The normalized spacial score (nSPS) is 26.6. The van der Waals surface area contributed by atoms with E-state index in [-0.39, 0.29) is 0 Å². The minimum Gasteiger partial charge on any atom is -0.367 e. The molecule has 0 saturated heterocycles. The van der Waals surface area contributed by atoms with E-state index < -0.39 is 0 Å².